The highest BCUT2D eigenvalue weighted by Crippen LogP contribution is 2.23. The molecule has 4 heteroatoms. The molecular weight excluding hydrogens is 190 g/mol. The Morgan fingerprint density at radius 2 is 1.87 bits per heavy atom. The van der Waals surface area contributed by atoms with Crippen molar-refractivity contribution in [2.75, 3.05) is 13.1 Å². The summed E-state index contributed by atoms with van der Waals surface area (Å²) in [4.78, 5) is 14.1. The van der Waals surface area contributed by atoms with Crippen molar-refractivity contribution in [3.05, 3.63) is 0 Å². The average molecular weight is 213 g/mol. The van der Waals surface area contributed by atoms with E-state index in [4.69, 9.17) is 5.84 Å². The second-order valence-electron chi connectivity index (χ2n) is 4.50. The van der Waals surface area contributed by atoms with Crippen molar-refractivity contribution < 1.29 is 4.79 Å². The van der Waals surface area contributed by atoms with Gasteiger partial charge in [0.25, 0.3) is 5.91 Å². The number of rotatable bonds is 3. The van der Waals surface area contributed by atoms with E-state index in [2.05, 4.69) is 10.3 Å². The minimum Gasteiger partial charge on any atom is -0.293 e. The smallest absolute Gasteiger partial charge is 0.254 e. The second kappa shape index (κ2) is 5.47. The predicted octanol–water partition coefficient (Wildman–Crippen LogP) is 1.02. The van der Waals surface area contributed by atoms with Gasteiger partial charge in [0, 0.05) is 0 Å². The summed E-state index contributed by atoms with van der Waals surface area (Å²) in [6, 6.07) is 0. The summed E-state index contributed by atoms with van der Waals surface area (Å²) in [6.45, 7) is 6.05. The van der Waals surface area contributed by atoms with Crippen LogP contribution in [0.25, 0.3) is 0 Å². The summed E-state index contributed by atoms with van der Waals surface area (Å²) in [5, 5.41) is 0. The van der Waals surface area contributed by atoms with Crippen LogP contribution < -0.4 is 11.3 Å². The molecule has 88 valence electrons. The number of carbonyl (C=O) groups is 1. The summed E-state index contributed by atoms with van der Waals surface area (Å²) in [5.74, 6) is 5.19. The number of nitrogens with one attached hydrogen (secondary N) is 1. The standard InChI is InChI=1S/C11H23N3O/c1-3-11(2,10(15)13-12)14-8-6-4-5-7-9-14/h3-9,12H2,1-2H3,(H,13,15). The molecule has 0 radical (unpaired) electrons. The van der Waals surface area contributed by atoms with Gasteiger partial charge in [-0.2, -0.15) is 0 Å². The van der Waals surface area contributed by atoms with Crippen molar-refractivity contribution in [2.45, 2.75) is 51.5 Å². The quantitative estimate of drug-likeness (QED) is 0.418. The Morgan fingerprint density at radius 3 is 2.27 bits per heavy atom. The SMILES string of the molecule is CCC(C)(C(=O)NN)N1CCCCCC1. The van der Waals surface area contributed by atoms with Gasteiger partial charge in [-0.05, 0) is 39.3 Å². The third kappa shape index (κ3) is 2.69. The molecule has 1 amide bonds. The van der Waals surface area contributed by atoms with Gasteiger partial charge in [0.1, 0.15) is 0 Å². The minimum absolute atomic E-state index is 0.0631. The maximum absolute atomic E-state index is 11.8. The largest absolute Gasteiger partial charge is 0.293 e. The monoisotopic (exact) mass is 213 g/mol. The molecule has 0 aromatic rings. The lowest BCUT2D eigenvalue weighted by molar-refractivity contribution is -0.133. The van der Waals surface area contributed by atoms with Crippen molar-refractivity contribution in [2.24, 2.45) is 5.84 Å². The van der Waals surface area contributed by atoms with Crippen LogP contribution in [-0.2, 0) is 4.79 Å². The van der Waals surface area contributed by atoms with Crippen LogP contribution >= 0.6 is 0 Å². The third-order valence-corrected chi connectivity index (χ3v) is 3.61. The molecule has 1 aliphatic rings. The van der Waals surface area contributed by atoms with Gasteiger partial charge in [0.2, 0.25) is 0 Å². The molecule has 0 aliphatic carbocycles. The van der Waals surface area contributed by atoms with E-state index in [0.717, 1.165) is 19.5 Å². The zero-order valence-corrected chi connectivity index (χ0v) is 9.88. The molecule has 15 heavy (non-hydrogen) atoms. The molecule has 1 fully saturated rings. The summed E-state index contributed by atoms with van der Waals surface area (Å²) < 4.78 is 0. The van der Waals surface area contributed by atoms with Gasteiger partial charge < -0.3 is 0 Å². The molecule has 1 unspecified atom stereocenters. The van der Waals surface area contributed by atoms with Crippen molar-refractivity contribution >= 4 is 5.91 Å². The van der Waals surface area contributed by atoms with Gasteiger partial charge in [-0.15, -0.1) is 0 Å². The summed E-state index contributed by atoms with van der Waals surface area (Å²) >= 11 is 0. The number of amides is 1. The van der Waals surface area contributed by atoms with Crippen LogP contribution in [0.4, 0.5) is 0 Å². The summed E-state index contributed by atoms with van der Waals surface area (Å²) in [7, 11) is 0. The Morgan fingerprint density at radius 1 is 1.33 bits per heavy atom. The highest BCUT2D eigenvalue weighted by molar-refractivity contribution is 5.85. The topological polar surface area (TPSA) is 58.4 Å². The number of nitrogens with zero attached hydrogens (tertiary/aromatic N) is 1. The Kier molecular flexibility index (Phi) is 4.54. The molecule has 1 rings (SSSR count). The van der Waals surface area contributed by atoms with Gasteiger partial charge in [-0.25, -0.2) is 5.84 Å². The molecule has 3 N–H and O–H groups in total. The molecule has 0 aromatic heterocycles. The second-order valence-corrected chi connectivity index (χ2v) is 4.50. The third-order valence-electron chi connectivity index (χ3n) is 3.61. The van der Waals surface area contributed by atoms with Gasteiger partial charge in [0.05, 0.1) is 5.54 Å². The lowest BCUT2D eigenvalue weighted by Gasteiger charge is -2.38. The van der Waals surface area contributed by atoms with Crippen molar-refractivity contribution in [3.8, 4) is 0 Å². The van der Waals surface area contributed by atoms with Crippen LogP contribution in [0, 0.1) is 0 Å². The first kappa shape index (κ1) is 12.5. The maximum atomic E-state index is 11.8. The first-order valence-electron chi connectivity index (χ1n) is 5.91. The lowest BCUT2D eigenvalue weighted by atomic mass is 9.95. The molecule has 1 atom stereocenters. The molecule has 0 bridgehead atoms. The summed E-state index contributed by atoms with van der Waals surface area (Å²) in [6.07, 6.45) is 5.73. The van der Waals surface area contributed by atoms with Gasteiger partial charge >= 0.3 is 0 Å². The first-order valence-corrected chi connectivity index (χ1v) is 5.91. The molecule has 4 nitrogen and oxygen atoms in total. The highest BCUT2D eigenvalue weighted by atomic mass is 16.2. The zero-order chi connectivity index (χ0) is 11.3. The minimum atomic E-state index is -0.431. The number of hydrogen-bond acceptors (Lipinski definition) is 3. The van der Waals surface area contributed by atoms with E-state index in [1.165, 1.54) is 25.7 Å². The van der Waals surface area contributed by atoms with Crippen molar-refractivity contribution in [3.63, 3.8) is 0 Å². The van der Waals surface area contributed by atoms with Gasteiger partial charge in [0.15, 0.2) is 0 Å². The fourth-order valence-electron chi connectivity index (χ4n) is 2.25. The Balaban J connectivity index is 2.73. The first-order chi connectivity index (χ1) is 7.15. The van der Waals surface area contributed by atoms with Gasteiger partial charge in [-0.1, -0.05) is 19.8 Å². The normalized spacial score (nSPS) is 22.9. The predicted molar refractivity (Wildman–Crippen MR) is 61.1 cm³/mol. The Labute approximate surface area is 92.2 Å². The van der Waals surface area contributed by atoms with Crippen molar-refractivity contribution in [1.82, 2.24) is 10.3 Å². The fraction of sp³-hybridized carbons (Fsp3) is 0.909. The number of hydrazine groups is 1. The zero-order valence-electron chi connectivity index (χ0n) is 9.88. The Bertz CT molecular complexity index is 212. The van der Waals surface area contributed by atoms with Crippen LogP contribution in [0.3, 0.4) is 0 Å². The van der Waals surface area contributed by atoms with Gasteiger partial charge in [-0.3, -0.25) is 15.1 Å². The van der Waals surface area contributed by atoms with E-state index in [1.807, 2.05) is 13.8 Å². The highest BCUT2D eigenvalue weighted by Gasteiger charge is 2.37. The number of nitrogens with two attached hydrogens (primary N) is 1. The Hall–Kier alpha value is -0.610. The van der Waals surface area contributed by atoms with Crippen LogP contribution in [0.2, 0.25) is 0 Å². The molecule has 0 aromatic carbocycles. The number of carbonyl (C=O) groups excluding carboxylic acids is 1. The maximum Gasteiger partial charge on any atom is 0.254 e. The number of hydrogen-bond donors (Lipinski definition) is 2. The molecule has 0 saturated carbocycles. The van der Waals surface area contributed by atoms with E-state index in [9.17, 15) is 4.79 Å². The van der Waals surface area contributed by atoms with E-state index < -0.39 is 5.54 Å². The van der Waals surface area contributed by atoms with Crippen LogP contribution in [-0.4, -0.2) is 29.4 Å². The van der Waals surface area contributed by atoms with Crippen LogP contribution in [0.1, 0.15) is 46.0 Å². The molecule has 1 heterocycles. The molecule has 1 saturated heterocycles. The number of likely N-dealkylation sites (tertiary alicyclic amines) is 1. The van der Waals surface area contributed by atoms with Crippen LogP contribution in [0.15, 0.2) is 0 Å². The van der Waals surface area contributed by atoms with E-state index in [1.54, 1.807) is 0 Å². The van der Waals surface area contributed by atoms with Crippen molar-refractivity contribution in [1.29, 1.82) is 0 Å². The van der Waals surface area contributed by atoms with Crippen LogP contribution in [0.5, 0.6) is 0 Å². The average Bonchev–Trinajstić information content (AvgIpc) is 2.55. The lowest BCUT2D eigenvalue weighted by Crippen LogP contribution is -2.58. The molecule has 0 spiro atoms. The summed E-state index contributed by atoms with van der Waals surface area (Å²) in [5.41, 5.74) is 1.86. The molecule has 1 aliphatic heterocycles. The molecular formula is C11H23N3O. The van der Waals surface area contributed by atoms with E-state index in [-0.39, 0.29) is 5.91 Å². The van der Waals surface area contributed by atoms with E-state index >= 15 is 0 Å². The fourth-order valence-corrected chi connectivity index (χ4v) is 2.25. The van der Waals surface area contributed by atoms with E-state index in [0.29, 0.717) is 0 Å².